The van der Waals surface area contributed by atoms with Crippen molar-refractivity contribution >= 4 is 0 Å². The van der Waals surface area contributed by atoms with Crippen LogP contribution in [0.2, 0.25) is 0 Å². The second kappa shape index (κ2) is 5.87. The highest BCUT2D eigenvalue weighted by molar-refractivity contribution is 5.21. The zero-order valence-electron chi connectivity index (χ0n) is 12.5. The van der Waals surface area contributed by atoms with Gasteiger partial charge in [0.15, 0.2) is 0 Å². The van der Waals surface area contributed by atoms with Gasteiger partial charge in [-0.05, 0) is 57.8 Å². The molecule has 2 nitrogen and oxygen atoms in total. The van der Waals surface area contributed by atoms with Crippen LogP contribution in [0.3, 0.4) is 0 Å². The first-order valence-corrected chi connectivity index (χ1v) is 7.85. The van der Waals surface area contributed by atoms with Crippen LogP contribution in [-0.4, -0.2) is 21.4 Å². The second-order valence-electron chi connectivity index (χ2n) is 6.53. The van der Waals surface area contributed by atoms with Crippen LogP contribution in [0.5, 0.6) is 0 Å². The Labute approximate surface area is 122 Å². The highest BCUT2D eigenvalue weighted by atomic mass is 16.3. The highest BCUT2D eigenvalue weighted by Gasteiger charge is 2.64. The van der Waals surface area contributed by atoms with Gasteiger partial charge in [0.1, 0.15) is 0 Å². The summed E-state index contributed by atoms with van der Waals surface area (Å²) in [6, 6.07) is 0. The lowest BCUT2D eigenvalue weighted by Gasteiger charge is -2.51. The molecule has 0 aliphatic heterocycles. The van der Waals surface area contributed by atoms with Crippen LogP contribution >= 0.6 is 0 Å². The summed E-state index contributed by atoms with van der Waals surface area (Å²) in [5.74, 6) is 0. The lowest BCUT2D eigenvalue weighted by molar-refractivity contribution is -0.158. The summed E-state index contributed by atoms with van der Waals surface area (Å²) >= 11 is 0. The zero-order valence-corrected chi connectivity index (χ0v) is 12.5. The van der Waals surface area contributed by atoms with Crippen molar-refractivity contribution in [2.45, 2.75) is 69.0 Å². The average Bonchev–Trinajstić information content (AvgIpc) is 2.64. The third-order valence-corrected chi connectivity index (χ3v) is 5.59. The predicted octanol–water partition coefficient (Wildman–Crippen LogP) is 3.90. The SMILES string of the molecule is C=CCCC[C@@]1(O)CC[C@@](O)(CC=C)C12CC=CCC2. The van der Waals surface area contributed by atoms with Crippen LogP contribution in [0.1, 0.15) is 57.8 Å². The summed E-state index contributed by atoms with van der Waals surface area (Å²) in [6.07, 6.45) is 15.2. The van der Waals surface area contributed by atoms with Crippen molar-refractivity contribution in [1.82, 2.24) is 0 Å². The van der Waals surface area contributed by atoms with Crippen LogP contribution in [0.25, 0.3) is 0 Å². The van der Waals surface area contributed by atoms with Gasteiger partial charge in [-0.15, -0.1) is 13.2 Å². The Hall–Kier alpha value is -0.860. The van der Waals surface area contributed by atoms with E-state index in [0.717, 1.165) is 38.5 Å². The molecule has 112 valence electrons. The number of unbranched alkanes of at least 4 members (excludes halogenated alkanes) is 1. The number of rotatable bonds is 6. The summed E-state index contributed by atoms with van der Waals surface area (Å²) in [4.78, 5) is 0. The minimum atomic E-state index is -0.803. The molecule has 2 aliphatic rings. The molecule has 0 amide bonds. The van der Waals surface area contributed by atoms with Gasteiger partial charge in [0.05, 0.1) is 11.2 Å². The maximum Gasteiger partial charge on any atom is 0.0769 e. The standard InChI is InChI=1S/C18H28O2/c1-3-5-7-13-18(20)15-14-17(19,10-4-2)16(18)11-8-6-9-12-16/h3-4,6,8,19-20H,1-2,5,7,9-15H2/t16?,17-,18+/m0/s1. The van der Waals surface area contributed by atoms with E-state index in [1.54, 1.807) is 6.08 Å². The largest absolute Gasteiger partial charge is 0.389 e. The molecule has 2 heteroatoms. The number of hydrogen-bond donors (Lipinski definition) is 2. The molecule has 1 saturated carbocycles. The van der Waals surface area contributed by atoms with Crippen molar-refractivity contribution in [3.05, 3.63) is 37.5 Å². The van der Waals surface area contributed by atoms with Gasteiger partial charge in [0.2, 0.25) is 0 Å². The molecule has 3 atom stereocenters. The van der Waals surface area contributed by atoms with E-state index in [2.05, 4.69) is 25.3 Å². The van der Waals surface area contributed by atoms with Crippen molar-refractivity contribution < 1.29 is 10.2 Å². The van der Waals surface area contributed by atoms with E-state index in [9.17, 15) is 10.2 Å². The van der Waals surface area contributed by atoms with E-state index in [4.69, 9.17) is 0 Å². The molecule has 0 aromatic rings. The molecule has 1 spiro atoms. The minimum Gasteiger partial charge on any atom is -0.389 e. The Balaban J connectivity index is 2.30. The third kappa shape index (κ3) is 2.29. The molecule has 0 saturated heterocycles. The van der Waals surface area contributed by atoms with Crippen LogP contribution in [0.15, 0.2) is 37.5 Å². The summed E-state index contributed by atoms with van der Waals surface area (Å²) in [5, 5.41) is 22.5. The fraction of sp³-hybridized carbons (Fsp3) is 0.667. The Morgan fingerprint density at radius 1 is 1.00 bits per heavy atom. The monoisotopic (exact) mass is 276 g/mol. The van der Waals surface area contributed by atoms with E-state index < -0.39 is 16.6 Å². The van der Waals surface area contributed by atoms with E-state index in [1.807, 2.05) is 6.08 Å². The lowest BCUT2D eigenvalue weighted by atomic mass is 9.58. The molecule has 2 rings (SSSR count). The van der Waals surface area contributed by atoms with Crippen LogP contribution < -0.4 is 0 Å². The van der Waals surface area contributed by atoms with Gasteiger partial charge in [0, 0.05) is 5.41 Å². The molecule has 0 radical (unpaired) electrons. The Morgan fingerprint density at radius 3 is 2.35 bits per heavy atom. The van der Waals surface area contributed by atoms with Crippen LogP contribution in [-0.2, 0) is 0 Å². The third-order valence-electron chi connectivity index (χ3n) is 5.59. The fourth-order valence-corrected chi connectivity index (χ4v) is 4.44. The molecule has 2 N–H and O–H groups in total. The van der Waals surface area contributed by atoms with Gasteiger partial charge >= 0.3 is 0 Å². The lowest BCUT2D eigenvalue weighted by Crippen LogP contribution is -2.56. The number of allylic oxidation sites excluding steroid dienone is 3. The van der Waals surface area contributed by atoms with Gasteiger partial charge in [-0.3, -0.25) is 0 Å². The first-order valence-electron chi connectivity index (χ1n) is 7.85. The van der Waals surface area contributed by atoms with Gasteiger partial charge in [-0.25, -0.2) is 0 Å². The topological polar surface area (TPSA) is 40.5 Å². The first kappa shape index (κ1) is 15.5. The van der Waals surface area contributed by atoms with Gasteiger partial charge in [-0.2, -0.15) is 0 Å². The van der Waals surface area contributed by atoms with Gasteiger partial charge in [-0.1, -0.05) is 24.3 Å². The molecule has 1 unspecified atom stereocenters. The Kier molecular flexibility index (Phi) is 4.55. The summed E-state index contributed by atoms with van der Waals surface area (Å²) in [7, 11) is 0. The van der Waals surface area contributed by atoms with E-state index in [1.165, 1.54) is 0 Å². The minimum absolute atomic E-state index is 0.399. The van der Waals surface area contributed by atoms with Crippen molar-refractivity contribution in [1.29, 1.82) is 0 Å². The van der Waals surface area contributed by atoms with Crippen molar-refractivity contribution in [2.75, 3.05) is 0 Å². The van der Waals surface area contributed by atoms with E-state index >= 15 is 0 Å². The maximum absolute atomic E-state index is 11.3. The molecule has 20 heavy (non-hydrogen) atoms. The zero-order chi connectivity index (χ0) is 14.7. The number of hydrogen-bond acceptors (Lipinski definition) is 2. The van der Waals surface area contributed by atoms with E-state index in [-0.39, 0.29) is 0 Å². The molecule has 2 aliphatic carbocycles. The summed E-state index contributed by atoms with van der Waals surface area (Å²) in [5.41, 5.74) is -1.95. The van der Waals surface area contributed by atoms with Crippen molar-refractivity contribution in [3.63, 3.8) is 0 Å². The molecule has 0 aromatic heterocycles. The van der Waals surface area contributed by atoms with Gasteiger partial charge < -0.3 is 10.2 Å². The maximum atomic E-state index is 11.3. The summed E-state index contributed by atoms with van der Waals surface area (Å²) < 4.78 is 0. The van der Waals surface area contributed by atoms with Crippen molar-refractivity contribution in [2.24, 2.45) is 5.41 Å². The Bertz CT molecular complexity index is 400. The summed E-state index contributed by atoms with van der Waals surface area (Å²) in [6.45, 7) is 7.55. The number of aliphatic hydroxyl groups is 2. The van der Waals surface area contributed by atoms with Crippen LogP contribution in [0, 0.1) is 5.41 Å². The smallest absolute Gasteiger partial charge is 0.0769 e. The molecule has 0 aromatic carbocycles. The second-order valence-corrected chi connectivity index (χ2v) is 6.53. The van der Waals surface area contributed by atoms with Crippen LogP contribution in [0.4, 0.5) is 0 Å². The molecule has 1 fully saturated rings. The normalized spacial score (nSPS) is 40.1. The van der Waals surface area contributed by atoms with Crippen molar-refractivity contribution in [3.8, 4) is 0 Å². The predicted molar refractivity (Wildman–Crippen MR) is 83.4 cm³/mol. The molecular weight excluding hydrogens is 248 g/mol. The Morgan fingerprint density at radius 2 is 1.75 bits per heavy atom. The van der Waals surface area contributed by atoms with Gasteiger partial charge in [0.25, 0.3) is 0 Å². The molecule has 0 bridgehead atoms. The quantitative estimate of drug-likeness (QED) is 0.570. The highest BCUT2D eigenvalue weighted by Crippen LogP contribution is 2.62. The van der Waals surface area contributed by atoms with E-state index in [0.29, 0.717) is 19.3 Å². The first-order chi connectivity index (χ1) is 9.54. The molecule has 0 heterocycles. The average molecular weight is 276 g/mol. The fourth-order valence-electron chi connectivity index (χ4n) is 4.44. The molecular formula is C18H28O2.